The van der Waals surface area contributed by atoms with Gasteiger partial charge in [0, 0.05) is 25.6 Å². The molecular weight excluding hydrogens is 293 g/mol. The fourth-order valence-electron chi connectivity index (χ4n) is 2.06. The summed E-state index contributed by atoms with van der Waals surface area (Å²) in [5.41, 5.74) is 0.414. The van der Waals surface area contributed by atoms with Crippen LogP contribution >= 0.6 is 11.6 Å². The van der Waals surface area contributed by atoms with Crippen molar-refractivity contribution >= 4 is 11.6 Å². The van der Waals surface area contributed by atoms with E-state index in [-0.39, 0.29) is 6.42 Å². The van der Waals surface area contributed by atoms with Crippen molar-refractivity contribution < 1.29 is 18.3 Å². The van der Waals surface area contributed by atoms with Gasteiger partial charge in [0.2, 0.25) is 0 Å². The highest BCUT2D eigenvalue weighted by atomic mass is 35.5. The SMILES string of the molecule is Cc1nn(C)c(CC(O)c2c(F)cc(F)cc2F)c1Cl. The molecule has 0 saturated carbocycles. The van der Waals surface area contributed by atoms with Gasteiger partial charge in [-0.25, -0.2) is 13.2 Å². The summed E-state index contributed by atoms with van der Waals surface area (Å²) in [6.45, 7) is 1.68. The molecule has 0 amide bonds. The van der Waals surface area contributed by atoms with E-state index in [2.05, 4.69) is 5.10 Å². The first-order valence-corrected chi connectivity index (χ1v) is 6.19. The lowest BCUT2D eigenvalue weighted by Gasteiger charge is -2.13. The van der Waals surface area contributed by atoms with E-state index in [4.69, 9.17) is 11.6 Å². The molecule has 3 nitrogen and oxygen atoms in total. The Balaban J connectivity index is 2.36. The Bertz CT molecular complexity index is 634. The van der Waals surface area contributed by atoms with Crippen LogP contribution in [0.4, 0.5) is 13.2 Å². The minimum atomic E-state index is -1.48. The highest BCUT2D eigenvalue weighted by molar-refractivity contribution is 6.31. The fraction of sp³-hybridized carbons (Fsp3) is 0.308. The third kappa shape index (κ3) is 2.66. The summed E-state index contributed by atoms with van der Waals surface area (Å²) in [6.07, 6.45) is -1.61. The number of nitrogens with zero attached hydrogens (tertiary/aromatic N) is 2. The van der Waals surface area contributed by atoms with Crippen LogP contribution in [-0.2, 0) is 13.5 Å². The Hall–Kier alpha value is -1.53. The van der Waals surface area contributed by atoms with Crippen molar-refractivity contribution in [2.75, 3.05) is 0 Å². The van der Waals surface area contributed by atoms with Crippen LogP contribution in [0.5, 0.6) is 0 Å². The summed E-state index contributed by atoms with van der Waals surface area (Å²) in [6, 6.07) is 1.05. The van der Waals surface area contributed by atoms with Gasteiger partial charge in [-0.15, -0.1) is 0 Å². The quantitative estimate of drug-likeness (QED) is 0.946. The fourth-order valence-corrected chi connectivity index (χ4v) is 2.30. The zero-order valence-electron chi connectivity index (χ0n) is 10.8. The molecule has 0 bridgehead atoms. The van der Waals surface area contributed by atoms with Crippen LogP contribution in [0.3, 0.4) is 0 Å². The summed E-state index contributed by atoms with van der Waals surface area (Å²) in [5, 5.41) is 14.4. The molecule has 0 radical (unpaired) electrons. The van der Waals surface area contributed by atoms with E-state index in [0.717, 1.165) is 0 Å². The van der Waals surface area contributed by atoms with Gasteiger partial charge in [0.05, 0.1) is 28.1 Å². The van der Waals surface area contributed by atoms with Crippen LogP contribution in [0.25, 0.3) is 0 Å². The van der Waals surface area contributed by atoms with Gasteiger partial charge < -0.3 is 5.11 Å². The van der Waals surface area contributed by atoms with E-state index in [0.29, 0.717) is 28.5 Å². The van der Waals surface area contributed by atoms with E-state index >= 15 is 0 Å². The molecule has 1 N–H and O–H groups in total. The maximum absolute atomic E-state index is 13.6. The van der Waals surface area contributed by atoms with Gasteiger partial charge in [0.1, 0.15) is 17.5 Å². The highest BCUT2D eigenvalue weighted by Gasteiger charge is 2.23. The number of aromatic nitrogens is 2. The van der Waals surface area contributed by atoms with Gasteiger partial charge in [0.15, 0.2) is 0 Å². The predicted octanol–water partition coefficient (Wildman–Crippen LogP) is 3.08. The van der Waals surface area contributed by atoms with Crippen molar-refractivity contribution in [3.63, 3.8) is 0 Å². The predicted molar refractivity (Wildman–Crippen MR) is 67.9 cm³/mol. The maximum Gasteiger partial charge on any atom is 0.134 e. The third-order valence-corrected chi connectivity index (χ3v) is 3.52. The van der Waals surface area contributed by atoms with Gasteiger partial charge >= 0.3 is 0 Å². The molecule has 0 aliphatic carbocycles. The Kier molecular flexibility index (Phi) is 4.06. The molecule has 0 saturated heterocycles. The van der Waals surface area contributed by atoms with Gasteiger partial charge in [-0.05, 0) is 6.92 Å². The summed E-state index contributed by atoms with van der Waals surface area (Å²) >= 11 is 6.01. The maximum atomic E-state index is 13.6. The molecule has 1 heterocycles. The first-order valence-electron chi connectivity index (χ1n) is 5.81. The third-order valence-electron chi connectivity index (χ3n) is 3.03. The summed E-state index contributed by atoms with van der Waals surface area (Å²) < 4.78 is 41.4. The molecule has 0 spiro atoms. The highest BCUT2D eigenvalue weighted by Crippen LogP contribution is 2.28. The van der Waals surface area contributed by atoms with Crippen molar-refractivity contribution in [3.05, 3.63) is 51.6 Å². The van der Waals surface area contributed by atoms with Crippen molar-refractivity contribution in [2.45, 2.75) is 19.4 Å². The number of benzene rings is 1. The van der Waals surface area contributed by atoms with Crippen LogP contribution < -0.4 is 0 Å². The normalized spacial score (nSPS) is 12.8. The largest absolute Gasteiger partial charge is 0.388 e. The molecule has 0 aliphatic rings. The van der Waals surface area contributed by atoms with E-state index in [1.807, 2.05) is 0 Å². The lowest BCUT2D eigenvalue weighted by atomic mass is 10.0. The van der Waals surface area contributed by atoms with E-state index in [1.54, 1.807) is 14.0 Å². The summed E-state index contributed by atoms with van der Waals surface area (Å²) in [4.78, 5) is 0. The minimum absolute atomic E-state index is 0.129. The van der Waals surface area contributed by atoms with Crippen molar-refractivity contribution in [2.24, 2.45) is 7.05 Å². The number of hydrogen-bond donors (Lipinski definition) is 1. The Morgan fingerprint density at radius 1 is 1.30 bits per heavy atom. The molecule has 0 fully saturated rings. The molecule has 2 rings (SSSR count). The van der Waals surface area contributed by atoms with Gasteiger partial charge in [-0.2, -0.15) is 5.10 Å². The second kappa shape index (κ2) is 5.46. The number of hydrogen-bond acceptors (Lipinski definition) is 2. The van der Waals surface area contributed by atoms with Gasteiger partial charge in [-0.3, -0.25) is 4.68 Å². The number of aryl methyl sites for hydroxylation is 2. The zero-order chi connectivity index (χ0) is 15.0. The first kappa shape index (κ1) is 14.9. The Morgan fingerprint density at radius 3 is 2.30 bits per heavy atom. The molecule has 108 valence electrons. The van der Waals surface area contributed by atoms with Crippen LogP contribution in [0, 0.1) is 24.4 Å². The lowest BCUT2D eigenvalue weighted by molar-refractivity contribution is 0.165. The number of rotatable bonds is 3. The van der Waals surface area contributed by atoms with Crippen molar-refractivity contribution in [1.29, 1.82) is 0 Å². The smallest absolute Gasteiger partial charge is 0.134 e. The van der Waals surface area contributed by atoms with Crippen molar-refractivity contribution in [3.8, 4) is 0 Å². The molecule has 0 aliphatic heterocycles. The van der Waals surface area contributed by atoms with E-state index < -0.39 is 29.1 Å². The summed E-state index contributed by atoms with van der Waals surface area (Å²) in [5.74, 6) is -3.31. The Morgan fingerprint density at radius 2 is 1.85 bits per heavy atom. The monoisotopic (exact) mass is 304 g/mol. The number of halogens is 4. The van der Waals surface area contributed by atoms with E-state index in [9.17, 15) is 18.3 Å². The van der Waals surface area contributed by atoms with Gasteiger partial charge in [-0.1, -0.05) is 11.6 Å². The molecule has 1 atom stereocenters. The molecule has 20 heavy (non-hydrogen) atoms. The average Bonchev–Trinajstić information content (AvgIpc) is 2.54. The molecule has 1 aromatic heterocycles. The summed E-state index contributed by atoms with van der Waals surface area (Å²) in [7, 11) is 1.61. The van der Waals surface area contributed by atoms with Crippen molar-refractivity contribution in [1.82, 2.24) is 9.78 Å². The molecule has 2 aromatic rings. The molecular formula is C13H12ClF3N2O. The lowest BCUT2D eigenvalue weighted by Crippen LogP contribution is -2.11. The zero-order valence-corrected chi connectivity index (χ0v) is 11.5. The second-order valence-corrected chi connectivity index (χ2v) is 4.85. The van der Waals surface area contributed by atoms with Gasteiger partial charge in [0.25, 0.3) is 0 Å². The Labute approximate surface area is 118 Å². The molecule has 1 aromatic carbocycles. The average molecular weight is 305 g/mol. The first-order chi connectivity index (χ1) is 9.31. The van der Waals surface area contributed by atoms with E-state index in [1.165, 1.54) is 4.68 Å². The molecule has 7 heteroatoms. The minimum Gasteiger partial charge on any atom is -0.388 e. The molecule has 1 unspecified atom stereocenters. The van der Waals surface area contributed by atoms with Crippen LogP contribution in [0.15, 0.2) is 12.1 Å². The topological polar surface area (TPSA) is 38.0 Å². The number of aliphatic hydroxyl groups is 1. The van der Waals surface area contributed by atoms with Crippen LogP contribution in [0.2, 0.25) is 5.02 Å². The second-order valence-electron chi connectivity index (χ2n) is 4.47. The van der Waals surface area contributed by atoms with Crippen LogP contribution in [-0.4, -0.2) is 14.9 Å². The standard InChI is InChI=1S/C13H12ClF3N2O/c1-6-13(14)10(19(2)18-6)5-11(20)12-8(16)3-7(15)4-9(12)17/h3-4,11,20H,5H2,1-2H3. The number of aliphatic hydroxyl groups excluding tert-OH is 1. The van der Waals surface area contributed by atoms with Crippen LogP contribution in [0.1, 0.15) is 23.1 Å².